The highest BCUT2D eigenvalue weighted by Crippen LogP contribution is 2.19. The average Bonchev–Trinajstić information content (AvgIpc) is 3.43. The minimum absolute atomic E-state index is 0.239. The summed E-state index contributed by atoms with van der Waals surface area (Å²) < 4.78 is 13.5. The maximum absolute atomic E-state index is 5.92. The van der Waals surface area contributed by atoms with Gasteiger partial charge in [-0.3, -0.25) is 0 Å². The lowest BCUT2D eigenvalue weighted by Crippen LogP contribution is -2.19. The first kappa shape index (κ1) is 19.0. The van der Waals surface area contributed by atoms with Crippen molar-refractivity contribution in [1.82, 2.24) is 19.6 Å². The van der Waals surface area contributed by atoms with Crippen molar-refractivity contribution in [2.24, 2.45) is 12.0 Å². The third-order valence-corrected chi connectivity index (χ3v) is 5.55. The number of aryl methyl sites for hydroxylation is 2. The zero-order valence-electron chi connectivity index (χ0n) is 16.2. The van der Waals surface area contributed by atoms with Crippen molar-refractivity contribution in [2.45, 2.75) is 32.4 Å². The predicted molar refractivity (Wildman–Crippen MR) is 109 cm³/mol. The molecule has 1 atom stereocenters. The van der Waals surface area contributed by atoms with Gasteiger partial charge >= 0.3 is 0 Å². The maximum Gasteiger partial charge on any atom is 0.190 e. The highest BCUT2D eigenvalue weighted by Gasteiger charge is 2.16. The fourth-order valence-corrected chi connectivity index (χ4v) is 4.09. The highest BCUT2D eigenvalue weighted by molar-refractivity contribution is 7.07. The number of rotatable bonds is 7. The van der Waals surface area contributed by atoms with Crippen LogP contribution < -0.4 is 4.80 Å². The molecule has 0 saturated carbocycles. The Morgan fingerprint density at radius 1 is 1.32 bits per heavy atom. The summed E-state index contributed by atoms with van der Waals surface area (Å²) in [6, 6.07) is 8.25. The molecule has 0 aliphatic carbocycles. The zero-order chi connectivity index (χ0) is 19.3. The Morgan fingerprint density at radius 3 is 2.89 bits per heavy atom. The summed E-state index contributed by atoms with van der Waals surface area (Å²) in [6.07, 6.45) is 3.93. The highest BCUT2D eigenvalue weighted by atomic mass is 32.1. The summed E-state index contributed by atoms with van der Waals surface area (Å²) >= 11 is 1.62. The predicted octanol–water partition coefficient (Wildman–Crippen LogP) is 3.08. The number of hydrogen-bond donors (Lipinski definition) is 0. The van der Waals surface area contributed by atoms with Gasteiger partial charge in [-0.25, -0.2) is 4.99 Å². The number of hydrogen-bond acceptors (Lipinski definition) is 6. The molecule has 8 heteroatoms. The van der Waals surface area contributed by atoms with Crippen LogP contribution >= 0.6 is 11.3 Å². The lowest BCUT2D eigenvalue weighted by molar-refractivity contribution is 0.0399. The van der Waals surface area contributed by atoms with Crippen LogP contribution in [0.5, 0.6) is 0 Å². The van der Waals surface area contributed by atoms with Crippen LogP contribution in [0.3, 0.4) is 0 Å². The van der Waals surface area contributed by atoms with Crippen LogP contribution in [0, 0.1) is 6.92 Å². The van der Waals surface area contributed by atoms with E-state index in [1.165, 1.54) is 5.56 Å². The third-order valence-electron chi connectivity index (χ3n) is 4.69. The van der Waals surface area contributed by atoms with Gasteiger partial charge in [0, 0.05) is 32.2 Å². The van der Waals surface area contributed by atoms with E-state index in [-0.39, 0.29) is 6.10 Å². The molecule has 148 valence electrons. The number of nitrogens with zero attached hydrogens (tertiary/aromatic N) is 5. The number of thiazole rings is 1. The largest absolute Gasteiger partial charge is 0.379 e. The smallest absolute Gasteiger partial charge is 0.190 e. The molecule has 1 saturated heterocycles. The fraction of sp³-hybridized carbons (Fsp3) is 0.450. The summed E-state index contributed by atoms with van der Waals surface area (Å²) in [4.78, 5) is 7.39. The van der Waals surface area contributed by atoms with Gasteiger partial charge in [-0.1, -0.05) is 17.7 Å². The second kappa shape index (κ2) is 8.81. The fourth-order valence-electron chi connectivity index (χ4n) is 3.15. The van der Waals surface area contributed by atoms with Crippen LogP contribution in [0.4, 0.5) is 5.69 Å². The molecule has 0 spiro atoms. The van der Waals surface area contributed by atoms with E-state index in [0.29, 0.717) is 13.2 Å². The summed E-state index contributed by atoms with van der Waals surface area (Å²) in [7, 11) is 1.83. The Balaban J connectivity index is 1.56. The van der Waals surface area contributed by atoms with Crippen molar-refractivity contribution in [2.75, 3.05) is 19.8 Å². The SMILES string of the molecule is Cc1ccc(N=c2scc(-c3cnn(C)n3)n2CCCOC2CCOC2)cc1. The van der Waals surface area contributed by atoms with Gasteiger partial charge in [0.1, 0.15) is 5.69 Å². The van der Waals surface area contributed by atoms with Gasteiger partial charge < -0.3 is 14.0 Å². The Hall–Kier alpha value is -2.29. The van der Waals surface area contributed by atoms with Crippen molar-refractivity contribution in [3.05, 3.63) is 46.2 Å². The Bertz CT molecular complexity index is 967. The van der Waals surface area contributed by atoms with Gasteiger partial charge in [-0.2, -0.15) is 15.0 Å². The van der Waals surface area contributed by atoms with Gasteiger partial charge in [0.25, 0.3) is 0 Å². The van der Waals surface area contributed by atoms with Crippen molar-refractivity contribution >= 4 is 17.0 Å². The van der Waals surface area contributed by atoms with E-state index in [9.17, 15) is 0 Å². The topological polar surface area (TPSA) is 66.5 Å². The van der Waals surface area contributed by atoms with Crippen molar-refractivity contribution in [3.63, 3.8) is 0 Å². The first-order valence-corrected chi connectivity index (χ1v) is 10.4. The molecule has 1 fully saturated rings. The molecule has 1 aromatic carbocycles. The van der Waals surface area contributed by atoms with E-state index >= 15 is 0 Å². The standard InChI is InChI=1S/C20H25N5O2S/c1-15-4-6-16(7-5-15)22-20-25(9-3-10-27-17-8-11-26-13-17)19(14-28-20)18-12-21-24(2)23-18/h4-7,12,14,17H,3,8-11,13H2,1-2H3. The average molecular weight is 400 g/mol. The summed E-state index contributed by atoms with van der Waals surface area (Å²) in [5.41, 5.74) is 4.07. The summed E-state index contributed by atoms with van der Waals surface area (Å²) in [6.45, 7) is 5.12. The molecule has 7 nitrogen and oxygen atoms in total. The molecule has 2 aromatic heterocycles. The Morgan fingerprint density at radius 2 is 2.18 bits per heavy atom. The Kier molecular flexibility index (Phi) is 5.99. The van der Waals surface area contributed by atoms with Gasteiger partial charge in [-0.05, 0) is 31.9 Å². The number of aromatic nitrogens is 4. The second-order valence-electron chi connectivity index (χ2n) is 6.93. The third kappa shape index (κ3) is 4.57. The van der Waals surface area contributed by atoms with Crippen LogP contribution in [0.1, 0.15) is 18.4 Å². The molecule has 4 rings (SSSR count). The van der Waals surface area contributed by atoms with Crippen LogP contribution in [0.15, 0.2) is 40.8 Å². The van der Waals surface area contributed by atoms with E-state index in [1.54, 1.807) is 22.3 Å². The van der Waals surface area contributed by atoms with Gasteiger partial charge in [0.05, 0.1) is 30.3 Å². The molecular weight excluding hydrogens is 374 g/mol. The first-order chi connectivity index (χ1) is 13.7. The second-order valence-corrected chi connectivity index (χ2v) is 7.77. The van der Waals surface area contributed by atoms with Crippen molar-refractivity contribution in [3.8, 4) is 11.4 Å². The monoisotopic (exact) mass is 399 g/mol. The van der Waals surface area contributed by atoms with E-state index in [2.05, 4.69) is 39.2 Å². The van der Waals surface area contributed by atoms with E-state index in [0.717, 1.165) is 47.9 Å². The maximum atomic E-state index is 5.92. The van der Waals surface area contributed by atoms with Crippen molar-refractivity contribution in [1.29, 1.82) is 0 Å². The lowest BCUT2D eigenvalue weighted by Gasteiger charge is -2.11. The first-order valence-electron chi connectivity index (χ1n) is 9.55. The zero-order valence-corrected chi connectivity index (χ0v) is 17.1. The molecule has 1 aliphatic rings. The van der Waals surface area contributed by atoms with E-state index < -0.39 is 0 Å². The molecule has 0 radical (unpaired) electrons. The summed E-state index contributed by atoms with van der Waals surface area (Å²) in [5.74, 6) is 0. The van der Waals surface area contributed by atoms with Gasteiger partial charge in [0.15, 0.2) is 4.80 Å². The van der Waals surface area contributed by atoms with Crippen molar-refractivity contribution < 1.29 is 9.47 Å². The molecule has 0 bridgehead atoms. The van der Waals surface area contributed by atoms with E-state index in [1.807, 2.05) is 19.2 Å². The molecule has 3 aromatic rings. The number of benzene rings is 1. The lowest BCUT2D eigenvalue weighted by atomic mass is 10.2. The molecule has 1 unspecified atom stereocenters. The number of ether oxygens (including phenoxy) is 2. The molecule has 0 amide bonds. The van der Waals surface area contributed by atoms with Crippen LogP contribution in [0.2, 0.25) is 0 Å². The van der Waals surface area contributed by atoms with Crippen LogP contribution in [-0.2, 0) is 23.1 Å². The van der Waals surface area contributed by atoms with Crippen LogP contribution in [-0.4, -0.2) is 45.5 Å². The Labute approximate surface area is 168 Å². The van der Waals surface area contributed by atoms with Crippen LogP contribution in [0.25, 0.3) is 11.4 Å². The van der Waals surface area contributed by atoms with E-state index in [4.69, 9.17) is 14.5 Å². The molecular formula is C20H25N5O2S. The molecule has 28 heavy (non-hydrogen) atoms. The molecule has 1 aliphatic heterocycles. The molecule has 3 heterocycles. The normalized spacial score (nSPS) is 17.5. The minimum Gasteiger partial charge on any atom is -0.379 e. The molecule has 0 N–H and O–H groups in total. The minimum atomic E-state index is 0.239. The quantitative estimate of drug-likeness (QED) is 0.573. The summed E-state index contributed by atoms with van der Waals surface area (Å²) in [5, 5.41) is 10.8. The van der Waals surface area contributed by atoms with Gasteiger partial charge in [-0.15, -0.1) is 11.3 Å². The van der Waals surface area contributed by atoms with Gasteiger partial charge in [0.2, 0.25) is 0 Å².